The second kappa shape index (κ2) is 4.20. The van der Waals surface area contributed by atoms with Crippen LogP contribution in [0.15, 0.2) is 18.2 Å². The first-order chi connectivity index (χ1) is 6.81. The van der Waals surface area contributed by atoms with Crippen molar-refractivity contribution >= 4 is 11.6 Å². The molecule has 14 heavy (non-hydrogen) atoms. The van der Waals surface area contributed by atoms with E-state index in [-0.39, 0.29) is 0 Å². The molecule has 2 rings (SSSR count). The summed E-state index contributed by atoms with van der Waals surface area (Å²) in [6.45, 7) is 1.09. The van der Waals surface area contributed by atoms with E-state index < -0.39 is 0 Å². The monoisotopic (exact) mass is 211 g/mol. The molecule has 1 atom stereocenters. The molecule has 76 valence electrons. The van der Waals surface area contributed by atoms with Crippen LogP contribution in [0, 0.1) is 0 Å². The second-order valence-corrected chi connectivity index (χ2v) is 3.94. The van der Waals surface area contributed by atoms with Crippen molar-refractivity contribution in [3.8, 4) is 5.75 Å². The van der Waals surface area contributed by atoms with Crippen LogP contribution in [0.1, 0.15) is 24.4 Å². The summed E-state index contributed by atoms with van der Waals surface area (Å²) in [6.07, 6.45) is 2.40. The Bertz CT molecular complexity index is 321. The maximum atomic E-state index is 6.17. The van der Waals surface area contributed by atoms with Crippen LogP contribution in [0.25, 0.3) is 0 Å². The molecule has 1 fully saturated rings. The van der Waals surface area contributed by atoms with Gasteiger partial charge >= 0.3 is 0 Å². The number of hydrogen-bond donors (Lipinski definition) is 1. The molecule has 1 heterocycles. The van der Waals surface area contributed by atoms with Crippen molar-refractivity contribution in [2.45, 2.75) is 18.9 Å². The van der Waals surface area contributed by atoms with E-state index in [9.17, 15) is 0 Å². The number of nitrogens with one attached hydrogen (secondary N) is 1. The topological polar surface area (TPSA) is 21.3 Å². The lowest BCUT2D eigenvalue weighted by Crippen LogP contribution is -2.13. The van der Waals surface area contributed by atoms with Gasteiger partial charge in [-0.2, -0.15) is 0 Å². The average molecular weight is 212 g/mol. The lowest BCUT2D eigenvalue weighted by atomic mass is 10.1. The molecule has 0 saturated carbocycles. The third-order valence-corrected chi connectivity index (χ3v) is 2.97. The average Bonchev–Trinajstić information content (AvgIpc) is 2.70. The zero-order chi connectivity index (χ0) is 9.97. The Morgan fingerprint density at radius 3 is 2.93 bits per heavy atom. The van der Waals surface area contributed by atoms with Crippen LogP contribution >= 0.6 is 11.6 Å². The van der Waals surface area contributed by atoms with Gasteiger partial charge in [0.25, 0.3) is 0 Å². The summed E-state index contributed by atoms with van der Waals surface area (Å²) >= 11 is 6.17. The van der Waals surface area contributed by atoms with E-state index in [2.05, 4.69) is 5.32 Å². The quantitative estimate of drug-likeness (QED) is 0.813. The second-order valence-electron chi connectivity index (χ2n) is 3.54. The fraction of sp³-hybridized carbons (Fsp3) is 0.455. The van der Waals surface area contributed by atoms with Crippen LogP contribution in [0.2, 0.25) is 5.02 Å². The first-order valence-corrected chi connectivity index (χ1v) is 5.26. The summed E-state index contributed by atoms with van der Waals surface area (Å²) < 4.78 is 5.11. The third-order valence-electron chi connectivity index (χ3n) is 2.64. The predicted molar refractivity (Wildman–Crippen MR) is 58.0 cm³/mol. The molecule has 1 saturated heterocycles. The number of halogens is 1. The van der Waals surface area contributed by atoms with Crippen molar-refractivity contribution in [3.63, 3.8) is 0 Å². The minimum absolute atomic E-state index is 0.424. The van der Waals surface area contributed by atoms with Crippen molar-refractivity contribution in [1.82, 2.24) is 5.32 Å². The van der Waals surface area contributed by atoms with Gasteiger partial charge in [-0.05, 0) is 37.1 Å². The maximum Gasteiger partial charge on any atom is 0.120 e. The van der Waals surface area contributed by atoms with Crippen LogP contribution in [0.3, 0.4) is 0 Å². The van der Waals surface area contributed by atoms with Gasteiger partial charge in [0.1, 0.15) is 5.75 Å². The normalized spacial score (nSPS) is 21.1. The van der Waals surface area contributed by atoms with E-state index >= 15 is 0 Å². The third kappa shape index (κ3) is 1.86. The molecule has 1 aromatic carbocycles. The van der Waals surface area contributed by atoms with Gasteiger partial charge in [-0.25, -0.2) is 0 Å². The summed E-state index contributed by atoms with van der Waals surface area (Å²) in [7, 11) is 1.65. The Kier molecular flexibility index (Phi) is 2.94. The zero-order valence-electron chi connectivity index (χ0n) is 8.22. The van der Waals surface area contributed by atoms with E-state index in [1.165, 1.54) is 18.4 Å². The fourth-order valence-corrected chi connectivity index (χ4v) is 2.17. The molecule has 0 unspecified atom stereocenters. The van der Waals surface area contributed by atoms with Crippen molar-refractivity contribution in [1.29, 1.82) is 0 Å². The molecule has 0 aliphatic carbocycles. The molecule has 1 N–H and O–H groups in total. The molecular formula is C11H14ClNO. The number of rotatable bonds is 2. The minimum Gasteiger partial charge on any atom is -0.497 e. The van der Waals surface area contributed by atoms with Crippen LogP contribution in [-0.2, 0) is 0 Å². The van der Waals surface area contributed by atoms with Gasteiger partial charge in [0.05, 0.1) is 7.11 Å². The maximum absolute atomic E-state index is 6.17. The van der Waals surface area contributed by atoms with Gasteiger partial charge < -0.3 is 10.1 Å². The van der Waals surface area contributed by atoms with Crippen LogP contribution < -0.4 is 10.1 Å². The molecular weight excluding hydrogens is 198 g/mol. The molecule has 1 aromatic rings. The number of hydrogen-bond acceptors (Lipinski definition) is 2. The summed E-state index contributed by atoms with van der Waals surface area (Å²) in [5.74, 6) is 0.816. The highest BCUT2D eigenvalue weighted by Crippen LogP contribution is 2.31. The van der Waals surface area contributed by atoms with Gasteiger partial charge in [0.15, 0.2) is 0 Å². The zero-order valence-corrected chi connectivity index (χ0v) is 8.97. The van der Waals surface area contributed by atoms with E-state index in [0.29, 0.717) is 6.04 Å². The molecule has 0 aromatic heterocycles. The van der Waals surface area contributed by atoms with Crippen molar-refractivity contribution in [2.75, 3.05) is 13.7 Å². The Morgan fingerprint density at radius 2 is 2.36 bits per heavy atom. The smallest absolute Gasteiger partial charge is 0.120 e. The standard InChI is InChI=1S/C11H14ClNO/c1-14-8-4-5-9(10(12)7-8)11-3-2-6-13-11/h4-5,7,11,13H,2-3,6H2,1H3/t11-/m1/s1. The summed E-state index contributed by atoms with van der Waals surface area (Å²) in [5.41, 5.74) is 1.19. The van der Waals surface area contributed by atoms with Crippen LogP contribution in [0.5, 0.6) is 5.75 Å². The Balaban J connectivity index is 2.25. The van der Waals surface area contributed by atoms with E-state index in [1.54, 1.807) is 7.11 Å². The van der Waals surface area contributed by atoms with Gasteiger partial charge in [0, 0.05) is 11.1 Å². The van der Waals surface area contributed by atoms with Crippen LogP contribution in [0.4, 0.5) is 0 Å². The summed E-state index contributed by atoms with van der Waals surface area (Å²) in [4.78, 5) is 0. The molecule has 0 radical (unpaired) electrons. The molecule has 1 aliphatic rings. The minimum atomic E-state index is 0.424. The highest BCUT2D eigenvalue weighted by molar-refractivity contribution is 6.31. The first-order valence-electron chi connectivity index (χ1n) is 4.88. The van der Waals surface area contributed by atoms with Crippen molar-refractivity contribution in [3.05, 3.63) is 28.8 Å². The largest absolute Gasteiger partial charge is 0.497 e. The SMILES string of the molecule is COc1ccc([C@H]2CCCN2)c(Cl)c1. The van der Waals surface area contributed by atoms with E-state index in [4.69, 9.17) is 16.3 Å². The lowest BCUT2D eigenvalue weighted by Gasteiger charge is -2.13. The molecule has 1 aliphatic heterocycles. The lowest BCUT2D eigenvalue weighted by molar-refractivity contribution is 0.414. The Hall–Kier alpha value is -0.730. The molecule has 2 nitrogen and oxygen atoms in total. The highest BCUT2D eigenvalue weighted by Gasteiger charge is 2.18. The number of methoxy groups -OCH3 is 1. The molecule has 0 amide bonds. The van der Waals surface area contributed by atoms with Gasteiger partial charge in [0.2, 0.25) is 0 Å². The molecule has 0 bridgehead atoms. The van der Waals surface area contributed by atoms with Gasteiger partial charge in [-0.15, -0.1) is 0 Å². The Labute approximate surface area is 89.2 Å². The summed E-state index contributed by atoms with van der Waals surface area (Å²) in [6, 6.07) is 6.30. The fourth-order valence-electron chi connectivity index (χ4n) is 1.87. The molecule has 0 spiro atoms. The highest BCUT2D eigenvalue weighted by atomic mass is 35.5. The van der Waals surface area contributed by atoms with Gasteiger partial charge in [-0.3, -0.25) is 0 Å². The Morgan fingerprint density at radius 1 is 1.50 bits per heavy atom. The van der Waals surface area contributed by atoms with Crippen molar-refractivity contribution in [2.24, 2.45) is 0 Å². The first kappa shape index (κ1) is 9.81. The predicted octanol–water partition coefficient (Wildman–Crippen LogP) is 2.77. The number of benzene rings is 1. The number of ether oxygens (including phenoxy) is 1. The van der Waals surface area contributed by atoms with Crippen LogP contribution in [-0.4, -0.2) is 13.7 Å². The molecule has 3 heteroatoms. The van der Waals surface area contributed by atoms with Crippen molar-refractivity contribution < 1.29 is 4.74 Å². The summed E-state index contributed by atoms with van der Waals surface area (Å²) in [5, 5.41) is 4.22. The van der Waals surface area contributed by atoms with E-state index in [0.717, 1.165) is 17.3 Å². The van der Waals surface area contributed by atoms with Gasteiger partial charge in [-0.1, -0.05) is 17.7 Å². The van der Waals surface area contributed by atoms with E-state index in [1.807, 2.05) is 18.2 Å².